The summed E-state index contributed by atoms with van der Waals surface area (Å²) in [7, 11) is 0. The van der Waals surface area contributed by atoms with Crippen molar-refractivity contribution >= 4 is 17.7 Å². The number of hydrogen-bond acceptors (Lipinski definition) is 4. The van der Waals surface area contributed by atoms with Gasteiger partial charge in [-0.15, -0.1) is 0 Å². The molecule has 1 heterocycles. The minimum atomic E-state index is -1.89. The highest BCUT2D eigenvalue weighted by Crippen LogP contribution is 2.38. The molecule has 0 radical (unpaired) electrons. The van der Waals surface area contributed by atoms with Crippen molar-refractivity contribution in [2.45, 2.75) is 56.3 Å². The van der Waals surface area contributed by atoms with E-state index in [0.29, 0.717) is 18.9 Å². The highest BCUT2D eigenvalue weighted by atomic mass is 19.1. The van der Waals surface area contributed by atoms with E-state index >= 15 is 0 Å². The van der Waals surface area contributed by atoms with Crippen LogP contribution in [0.1, 0.15) is 61.4 Å². The van der Waals surface area contributed by atoms with E-state index in [0.717, 1.165) is 23.3 Å². The minimum Gasteiger partial charge on any atom is -0.378 e. The maximum atomic E-state index is 13.5. The molecular formula is C30H31F2N3O4. The van der Waals surface area contributed by atoms with Gasteiger partial charge in [0.1, 0.15) is 23.2 Å². The lowest BCUT2D eigenvalue weighted by atomic mass is 9.82. The lowest BCUT2D eigenvalue weighted by Crippen LogP contribution is -2.60. The third-order valence-electron chi connectivity index (χ3n) is 7.05. The number of nitrogens with one attached hydrogen (secondary N) is 3. The predicted octanol–water partition coefficient (Wildman–Crippen LogP) is 3.81. The summed E-state index contributed by atoms with van der Waals surface area (Å²) in [4.78, 5) is 39.2. The number of carbonyl (C=O) groups is 3. The summed E-state index contributed by atoms with van der Waals surface area (Å²) in [6.45, 7) is 3.04. The van der Waals surface area contributed by atoms with Gasteiger partial charge in [0.2, 0.25) is 11.8 Å². The monoisotopic (exact) mass is 535 g/mol. The molecule has 0 unspecified atom stereocenters. The van der Waals surface area contributed by atoms with Crippen molar-refractivity contribution in [1.29, 1.82) is 0 Å². The van der Waals surface area contributed by atoms with Crippen molar-refractivity contribution in [1.82, 2.24) is 16.0 Å². The van der Waals surface area contributed by atoms with Crippen LogP contribution in [-0.4, -0.2) is 34.4 Å². The molecule has 4 rings (SSSR count). The summed E-state index contributed by atoms with van der Waals surface area (Å²) in [5.41, 5.74) is 0.378. The van der Waals surface area contributed by atoms with Gasteiger partial charge in [0.25, 0.3) is 5.91 Å². The van der Waals surface area contributed by atoms with Crippen molar-refractivity contribution in [3.05, 3.63) is 107 Å². The lowest BCUT2D eigenvalue weighted by Gasteiger charge is -2.31. The molecule has 7 nitrogen and oxygen atoms in total. The second-order valence-electron chi connectivity index (χ2n) is 10.1. The molecular weight excluding hydrogens is 504 g/mol. The first kappa shape index (κ1) is 27.9. The van der Waals surface area contributed by atoms with E-state index in [-0.39, 0.29) is 23.4 Å². The summed E-state index contributed by atoms with van der Waals surface area (Å²) >= 11 is 0. The SMILES string of the molecule is C[C@H](NC(=O)[C@@H](O)c1cc(F)cc(F)c1)C(=O)N[C@@]1(C)C[C@@H](c2ccccc2)C[C@@H](c2ccccc2)NC1=O. The fraction of sp³-hybridized carbons (Fsp3) is 0.300. The van der Waals surface area contributed by atoms with Gasteiger partial charge in [0, 0.05) is 6.07 Å². The Kier molecular flexibility index (Phi) is 8.40. The summed E-state index contributed by atoms with van der Waals surface area (Å²) in [5, 5.41) is 18.5. The van der Waals surface area contributed by atoms with Gasteiger partial charge in [-0.2, -0.15) is 0 Å². The van der Waals surface area contributed by atoms with Gasteiger partial charge in [0.05, 0.1) is 6.04 Å². The Morgan fingerprint density at radius 1 is 0.949 bits per heavy atom. The molecule has 39 heavy (non-hydrogen) atoms. The zero-order valence-electron chi connectivity index (χ0n) is 21.7. The van der Waals surface area contributed by atoms with Gasteiger partial charge < -0.3 is 21.1 Å². The number of aliphatic hydroxyl groups is 1. The van der Waals surface area contributed by atoms with Crippen LogP contribution in [0.4, 0.5) is 8.78 Å². The third kappa shape index (κ3) is 6.67. The molecule has 3 aromatic carbocycles. The molecule has 0 bridgehead atoms. The molecule has 0 aromatic heterocycles. The maximum absolute atomic E-state index is 13.5. The molecule has 5 atom stereocenters. The van der Waals surface area contributed by atoms with E-state index in [1.165, 1.54) is 6.92 Å². The molecule has 3 aromatic rings. The quantitative estimate of drug-likeness (QED) is 0.369. The summed E-state index contributed by atoms with van der Waals surface area (Å²) in [6.07, 6.45) is -0.964. The molecule has 9 heteroatoms. The number of aliphatic hydroxyl groups excluding tert-OH is 1. The topological polar surface area (TPSA) is 108 Å². The smallest absolute Gasteiger partial charge is 0.254 e. The highest BCUT2D eigenvalue weighted by Gasteiger charge is 2.43. The number of rotatable bonds is 7. The first-order chi connectivity index (χ1) is 18.6. The Hall–Kier alpha value is -4.11. The van der Waals surface area contributed by atoms with Gasteiger partial charge in [0.15, 0.2) is 6.10 Å². The van der Waals surface area contributed by atoms with Crippen LogP contribution in [-0.2, 0) is 14.4 Å². The predicted molar refractivity (Wildman–Crippen MR) is 141 cm³/mol. The van der Waals surface area contributed by atoms with Crippen LogP contribution in [0.25, 0.3) is 0 Å². The Labute approximate surface area is 225 Å². The Morgan fingerprint density at radius 2 is 1.51 bits per heavy atom. The van der Waals surface area contributed by atoms with Crippen LogP contribution in [0.3, 0.4) is 0 Å². The van der Waals surface area contributed by atoms with E-state index in [9.17, 15) is 28.3 Å². The van der Waals surface area contributed by atoms with Gasteiger partial charge >= 0.3 is 0 Å². The fourth-order valence-electron chi connectivity index (χ4n) is 4.94. The van der Waals surface area contributed by atoms with Crippen molar-refractivity contribution < 1.29 is 28.3 Å². The van der Waals surface area contributed by atoms with Crippen LogP contribution in [0.2, 0.25) is 0 Å². The van der Waals surface area contributed by atoms with Crippen LogP contribution in [0, 0.1) is 11.6 Å². The molecule has 1 aliphatic rings. The molecule has 1 saturated heterocycles. The summed E-state index contributed by atoms with van der Waals surface area (Å²) in [6, 6.07) is 20.2. The van der Waals surface area contributed by atoms with E-state index in [4.69, 9.17) is 0 Å². The van der Waals surface area contributed by atoms with E-state index in [1.54, 1.807) is 6.92 Å². The number of carbonyl (C=O) groups excluding carboxylic acids is 3. The second kappa shape index (κ2) is 11.7. The fourth-order valence-corrected chi connectivity index (χ4v) is 4.94. The number of halogens is 2. The van der Waals surface area contributed by atoms with Crippen molar-refractivity contribution in [3.63, 3.8) is 0 Å². The van der Waals surface area contributed by atoms with Gasteiger partial charge in [-0.3, -0.25) is 14.4 Å². The number of hydrogen-bond donors (Lipinski definition) is 4. The molecule has 0 spiro atoms. The Bertz CT molecular complexity index is 1320. The highest BCUT2D eigenvalue weighted by molar-refractivity contribution is 5.95. The van der Waals surface area contributed by atoms with Crippen LogP contribution in [0.15, 0.2) is 78.9 Å². The van der Waals surface area contributed by atoms with Gasteiger partial charge in [-0.05, 0) is 61.4 Å². The van der Waals surface area contributed by atoms with E-state index in [1.807, 2.05) is 60.7 Å². The number of amides is 3. The minimum absolute atomic E-state index is 0.0738. The molecule has 3 amide bonds. The van der Waals surface area contributed by atoms with Gasteiger partial charge in [-0.1, -0.05) is 60.7 Å². The summed E-state index contributed by atoms with van der Waals surface area (Å²) < 4.78 is 27.0. The van der Waals surface area contributed by atoms with Crippen LogP contribution >= 0.6 is 0 Å². The lowest BCUT2D eigenvalue weighted by molar-refractivity contribution is -0.137. The first-order valence-corrected chi connectivity index (χ1v) is 12.7. The Balaban J connectivity index is 1.51. The zero-order chi connectivity index (χ0) is 28.2. The van der Waals surface area contributed by atoms with Crippen LogP contribution in [0.5, 0.6) is 0 Å². The second-order valence-corrected chi connectivity index (χ2v) is 10.1. The molecule has 4 N–H and O–H groups in total. The van der Waals surface area contributed by atoms with Crippen molar-refractivity contribution in [2.75, 3.05) is 0 Å². The number of benzene rings is 3. The molecule has 0 saturated carbocycles. The largest absolute Gasteiger partial charge is 0.378 e. The average molecular weight is 536 g/mol. The molecule has 1 aliphatic heterocycles. The van der Waals surface area contributed by atoms with E-state index in [2.05, 4.69) is 16.0 Å². The third-order valence-corrected chi connectivity index (χ3v) is 7.05. The summed E-state index contributed by atoms with van der Waals surface area (Å²) in [5.74, 6) is -3.99. The van der Waals surface area contributed by atoms with Crippen molar-refractivity contribution in [2.24, 2.45) is 0 Å². The molecule has 0 aliphatic carbocycles. The molecule has 204 valence electrons. The zero-order valence-corrected chi connectivity index (χ0v) is 21.7. The van der Waals surface area contributed by atoms with Crippen LogP contribution < -0.4 is 16.0 Å². The normalized spacial score (nSPS) is 22.6. The van der Waals surface area contributed by atoms with Crippen molar-refractivity contribution in [3.8, 4) is 0 Å². The average Bonchev–Trinajstić information content (AvgIpc) is 3.04. The molecule has 1 fully saturated rings. The maximum Gasteiger partial charge on any atom is 0.254 e. The van der Waals surface area contributed by atoms with E-state index < -0.39 is 41.1 Å². The first-order valence-electron chi connectivity index (χ1n) is 12.7. The van der Waals surface area contributed by atoms with Gasteiger partial charge in [-0.25, -0.2) is 8.78 Å². The standard InChI is InChI=1S/C30H31F2N3O4/c1-18(33-28(38)26(36)21-13-23(31)16-24(32)14-21)27(37)35-30(2)17-22(19-9-5-3-6-10-19)15-25(34-29(30)39)20-11-7-4-8-12-20/h3-14,16,18,22,25-26,36H,15,17H2,1-2H3,(H,33,38)(H,34,39)(H,35,37)/t18-,22-,25-,26-,30-/m0/s1. The Morgan fingerprint density at radius 3 is 2.10 bits per heavy atom.